The molecular formula is C20H26FN6O+. The third-order valence-corrected chi connectivity index (χ3v) is 5.42. The van der Waals surface area contributed by atoms with Gasteiger partial charge in [-0.25, -0.2) is 9.07 Å². The zero-order chi connectivity index (χ0) is 19.3. The summed E-state index contributed by atoms with van der Waals surface area (Å²) in [6.07, 6.45) is 3.77. The minimum Gasteiger partial charge on any atom is -0.467 e. The molecule has 0 aliphatic carbocycles. The van der Waals surface area contributed by atoms with Crippen molar-refractivity contribution in [2.24, 2.45) is 0 Å². The van der Waals surface area contributed by atoms with Gasteiger partial charge in [-0.2, -0.15) is 0 Å². The van der Waals surface area contributed by atoms with Crippen LogP contribution in [-0.2, 0) is 6.54 Å². The summed E-state index contributed by atoms with van der Waals surface area (Å²) in [5, 5.41) is 12.5. The standard InChI is InChI=1S/C20H25FN6O/c1-2-4-19(20-22-23-24-27(20)15-18-5-3-14-28-18)26-12-10-25(11-13-26)17-8-6-16(21)7-9-17/h3,5-9,14,19H,2,4,10-13,15H2,1H3/p+1/t19-/m0/s1. The van der Waals surface area contributed by atoms with Crippen LogP contribution < -0.4 is 9.80 Å². The Morgan fingerprint density at radius 1 is 1.18 bits per heavy atom. The largest absolute Gasteiger partial charge is 0.467 e. The Bertz CT molecular complexity index is 855. The lowest BCUT2D eigenvalue weighted by atomic mass is 10.1. The number of benzene rings is 1. The van der Waals surface area contributed by atoms with E-state index in [-0.39, 0.29) is 11.9 Å². The number of furan rings is 1. The topological polar surface area (TPSA) is 64.4 Å². The van der Waals surface area contributed by atoms with Crippen LogP contribution in [0.5, 0.6) is 0 Å². The van der Waals surface area contributed by atoms with Crippen molar-refractivity contribution >= 4 is 5.69 Å². The number of piperazine rings is 1. The molecule has 1 aromatic carbocycles. The van der Waals surface area contributed by atoms with Crippen LogP contribution in [0, 0.1) is 5.82 Å². The van der Waals surface area contributed by atoms with E-state index in [2.05, 4.69) is 27.3 Å². The average molecular weight is 385 g/mol. The Kier molecular flexibility index (Phi) is 5.66. The summed E-state index contributed by atoms with van der Waals surface area (Å²) in [5.74, 6) is 1.57. The summed E-state index contributed by atoms with van der Waals surface area (Å²) in [6.45, 7) is 6.60. The summed E-state index contributed by atoms with van der Waals surface area (Å²) in [5.41, 5.74) is 1.08. The van der Waals surface area contributed by atoms with Crippen LogP contribution in [-0.4, -0.2) is 46.4 Å². The number of hydrogen-bond acceptors (Lipinski definition) is 5. The first-order chi connectivity index (χ1) is 13.7. The number of quaternary nitrogens is 1. The van der Waals surface area contributed by atoms with Gasteiger partial charge in [-0.3, -0.25) is 0 Å². The first kappa shape index (κ1) is 18.6. The van der Waals surface area contributed by atoms with Crippen LogP contribution >= 0.6 is 0 Å². The molecule has 7 nitrogen and oxygen atoms in total. The average Bonchev–Trinajstić information content (AvgIpc) is 3.40. The summed E-state index contributed by atoms with van der Waals surface area (Å²) < 4.78 is 20.5. The predicted molar refractivity (Wildman–Crippen MR) is 103 cm³/mol. The lowest BCUT2D eigenvalue weighted by molar-refractivity contribution is -0.933. The van der Waals surface area contributed by atoms with Crippen molar-refractivity contribution in [2.45, 2.75) is 32.4 Å². The molecule has 0 spiro atoms. The van der Waals surface area contributed by atoms with Crippen molar-refractivity contribution < 1.29 is 13.7 Å². The maximum absolute atomic E-state index is 13.2. The first-order valence-electron chi connectivity index (χ1n) is 9.88. The molecule has 1 aliphatic heterocycles. The van der Waals surface area contributed by atoms with Crippen molar-refractivity contribution in [3.05, 3.63) is 60.1 Å². The molecule has 1 saturated heterocycles. The SMILES string of the molecule is CCC[C@@H](c1nnnn1Cc1ccco1)[NH+]1CCN(c2ccc(F)cc2)CC1. The van der Waals surface area contributed by atoms with Gasteiger partial charge in [0.15, 0.2) is 0 Å². The molecule has 0 radical (unpaired) electrons. The molecule has 1 aliphatic rings. The van der Waals surface area contributed by atoms with Gasteiger partial charge in [0.1, 0.15) is 24.2 Å². The zero-order valence-corrected chi connectivity index (χ0v) is 16.1. The zero-order valence-electron chi connectivity index (χ0n) is 16.1. The van der Waals surface area contributed by atoms with Crippen LogP contribution in [0.15, 0.2) is 47.1 Å². The van der Waals surface area contributed by atoms with Crippen molar-refractivity contribution in [3.8, 4) is 0 Å². The van der Waals surface area contributed by atoms with Crippen molar-refractivity contribution in [1.82, 2.24) is 20.2 Å². The Morgan fingerprint density at radius 2 is 1.96 bits per heavy atom. The van der Waals surface area contributed by atoms with E-state index in [0.29, 0.717) is 6.54 Å². The number of nitrogens with one attached hydrogen (secondary N) is 1. The van der Waals surface area contributed by atoms with Crippen molar-refractivity contribution in [1.29, 1.82) is 0 Å². The number of rotatable bonds is 7. The molecule has 4 rings (SSSR count). The Balaban J connectivity index is 1.46. The lowest BCUT2D eigenvalue weighted by Gasteiger charge is -2.37. The summed E-state index contributed by atoms with van der Waals surface area (Å²) in [6, 6.07) is 10.8. The van der Waals surface area contributed by atoms with Gasteiger partial charge in [0, 0.05) is 12.1 Å². The predicted octanol–water partition coefficient (Wildman–Crippen LogP) is 1.70. The monoisotopic (exact) mass is 385 g/mol. The van der Waals surface area contributed by atoms with E-state index in [4.69, 9.17) is 4.42 Å². The third kappa shape index (κ3) is 4.06. The first-order valence-corrected chi connectivity index (χ1v) is 9.88. The maximum atomic E-state index is 13.2. The molecule has 2 aromatic heterocycles. The molecule has 1 N–H and O–H groups in total. The number of anilines is 1. The van der Waals surface area contributed by atoms with Gasteiger partial charge < -0.3 is 14.2 Å². The van der Waals surface area contributed by atoms with Crippen LogP contribution in [0.1, 0.15) is 37.4 Å². The number of nitrogens with zero attached hydrogens (tertiary/aromatic N) is 5. The Morgan fingerprint density at radius 3 is 2.64 bits per heavy atom. The molecule has 8 heteroatoms. The Hall–Kier alpha value is -2.74. The summed E-state index contributed by atoms with van der Waals surface area (Å²) in [4.78, 5) is 3.81. The Labute approximate surface area is 163 Å². The van der Waals surface area contributed by atoms with Crippen LogP contribution in [0.25, 0.3) is 0 Å². The molecule has 28 heavy (non-hydrogen) atoms. The molecule has 0 bridgehead atoms. The van der Waals surface area contributed by atoms with E-state index in [1.807, 2.05) is 28.9 Å². The summed E-state index contributed by atoms with van der Waals surface area (Å²) >= 11 is 0. The third-order valence-electron chi connectivity index (χ3n) is 5.42. The van der Waals surface area contributed by atoms with Crippen LogP contribution in [0.3, 0.4) is 0 Å². The fraction of sp³-hybridized carbons (Fsp3) is 0.450. The van der Waals surface area contributed by atoms with E-state index in [1.165, 1.54) is 17.0 Å². The number of halogens is 1. The van der Waals surface area contributed by atoms with Gasteiger partial charge in [-0.05, 0) is 46.8 Å². The fourth-order valence-electron chi connectivity index (χ4n) is 3.98. The normalized spacial score (nSPS) is 16.4. The molecule has 148 valence electrons. The number of hydrogen-bond donors (Lipinski definition) is 1. The summed E-state index contributed by atoms with van der Waals surface area (Å²) in [7, 11) is 0. The molecule has 3 heterocycles. The lowest BCUT2D eigenvalue weighted by Crippen LogP contribution is -3.15. The van der Waals surface area contributed by atoms with E-state index in [0.717, 1.165) is 56.3 Å². The molecule has 0 unspecified atom stereocenters. The van der Waals surface area contributed by atoms with Gasteiger partial charge in [0.2, 0.25) is 5.82 Å². The smallest absolute Gasteiger partial charge is 0.209 e. The van der Waals surface area contributed by atoms with Crippen LogP contribution in [0.2, 0.25) is 0 Å². The van der Waals surface area contributed by atoms with E-state index in [9.17, 15) is 4.39 Å². The fourth-order valence-corrected chi connectivity index (χ4v) is 3.98. The molecule has 0 amide bonds. The second-order valence-corrected chi connectivity index (χ2v) is 7.24. The highest BCUT2D eigenvalue weighted by Crippen LogP contribution is 2.17. The van der Waals surface area contributed by atoms with Gasteiger partial charge in [0.05, 0.1) is 32.4 Å². The molecule has 1 fully saturated rings. The number of aromatic nitrogens is 4. The van der Waals surface area contributed by atoms with Gasteiger partial charge in [-0.15, -0.1) is 5.10 Å². The van der Waals surface area contributed by atoms with E-state index < -0.39 is 0 Å². The number of tetrazole rings is 1. The molecular weight excluding hydrogens is 359 g/mol. The molecule has 0 saturated carbocycles. The van der Waals surface area contributed by atoms with E-state index in [1.54, 1.807) is 6.26 Å². The van der Waals surface area contributed by atoms with Crippen molar-refractivity contribution in [3.63, 3.8) is 0 Å². The molecule has 3 aromatic rings. The minimum absolute atomic E-state index is 0.195. The molecule has 1 atom stereocenters. The van der Waals surface area contributed by atoms with Crippen molar-refractivity contribution in [2.75, 3.05) is 31.1 Å². The second-order valence-electron chi connectivity index (χ2n) is 7.24. The highest BCUT2D eigenvalue weighted by Gasteiger charge is 2.32. The van der Waals surface area contributed by atoms with E-state index >= 15 is 0 Å². The highest BCUT2D eigenvalue weighted by atomic mass is 19.1. The second kappa shape index (κ2) is 8.52. The quantitative estimate of drug-likeness (QED) is 0.671. The van der Waals surface area contributed by atoms with Gasteiger partial charge in [-0.1, -0.05) is 13.3 Å². The minimum atomic E-state index is -0.195. The van der Waals surface area contributed by atoms with Gasteiger partial charge >= 0.3 is 0 Å². The van der Waals surface area contributed by atoms with Gasteiger partial charge in [0.25, 0.3) is 0 Å². The maximum Gasteiger partial charge on any atom is 0.209 e. The highest BCUT2D eigenvalue weighted by molar-refractivity contribution is 5.46. The van der Waals surface area contributed by atoms with Crippen LogP contribution in [0.4, 0.5) is 10.1 Å².